The Kier molecular flexibility index (Phi) is 4.50. The van der Waals surface area contributed by atoms with Crippen molar-refractivity contribution in [3.8, 4) is 5.69 Å². The molecule has 0 spiro atoms. The van der Waals surface area contributed by atoms with Gasteiger partial charge in [0.1, 0.15) is 18.3 Å². The minimum Gasteiger partial charge on any atom is -0.382 e. The van der Waals surface area contributed by atoms with Gasteiger partial charge in [0.2, 0.25) is 5.95 Å². The zero-order valence-electron chi connectivity index (χ0n) is 16.4. The molecule has 1 saturated heterocycles. The predicted octanol–water partition coefficient (Wildman–Crippen LogP) is 1.42. The van der Waals surface area contributed by atoms with Crippen LogP contribution in [0.25, 0.3) is 16.9 Å². The van der Waals surface area contributed by atoms with Gasteiger partial charge in [-0.2, -0.15) is 9.97 Å². The SMILES string of the molecule is Nc1nc(N2CCN(c3ccc([N+](=O)[O-])cn3)CC2)nc2c1ncn2-c1ccncc1. The quantitative estimate of drug-likeness (QED) is 0.381. The van der Waals surface area contributed by atoms with Gasteiger partial charge in [-0.1, -0.05) is 0 Å². The van der Waals surface area contributed by atoms with Crippen LogP contribution in [0, 0.1) is 10.1 Å². The third kappa shape index (κ3) is 3.43. The van der Waals surface area contributed by atoms with Crippen LogP contribution in [0.1, 0.15) is 0 Å². The van der Waals surface area contributed by atoms with Crippen LogP contribution in [-0.4, -0.2) is 60.6 Å². The molecular weight excluding hydrogens is 400 g/mol. The molecule has 0 atom stereocenters. The summed E-state index contributed by atoms with van der Waals surface area (Å²) in [5, 5.41) is 10.8. The Hall–Kier alpha value is -4.35. The molecule has 0 aromatic carbocycles. The standard InChI is InChI=1S/C19H18N10O2/c20-17-16-18(28(12-23-16)13-3-5-21-6-4-13)25-19(24-17)27-9-7-26(8-10-27)15-2-1-14(11-22-15)29(30)31/h1-6,11-12H,7-10H2,(H2,20,24,25). The molecule has 1 fully saturated rings. The van der Waals surface area contributed by atoms with Gasteiger partial charge >= 0.3 is 0 Å². The van der Waals surface area contributed by atoms with Gasteiger partial charge in [-0.05, 0) is 18.2 Å². The fourth-order valence-electron chi connectivity index (χ4n) is 3.55. The lowest BCUT2D eigenvalue weighted by Gasteiger charge is -2.35. The summed E-state index contributed by atoms with van der Waals surface area (Å²) < 4.78 is 1.86. The molecule has 156 valence electrons. The molecule has 5 rings (SSSR count). The van der Waals surface area contributed by atoms with Crippen LogP contribution < -0.4 is 15.5 Å². The second-order valence-corrected chi connectivity index (χ2v) is 7.01. The van der Waals surface area contributed by atoms with Crippen molar-refractivity contribution in [3.63, 3.8) is 0 Å². The highest BCUT2D eigenvalue weighted by molar-refractivity contribution is 5.84. The molecule has 12 heteroatoms. The largest absolute Gasteiger partial charge is 0.382 e. The minimum absolute atomic E-state index is 0.0228. The number of pyridine rings is 2. The smallest absolute Gasteiger partial charge is 0.287 e. The zero-order chi connectivity index (χ0) is 21.4. The van der Waals surface area contributed by atoms with Crippen LogP contribution in [-0.2, 0) is 0 Å². The first kappa shape index (κ1) is 18.7. The first-order chi connectivity index (χ1) is 15.1. The van der Waals surface area contributed by atoms with Crippen LogP contribution in [0.5, 0.6) is 0 Å². The number of hydrogen-bond donors (Lipinski definition) is 1. The number of fused-ring (bicyclic) bond motifs is 1. The molecule has 31 heavy (non-hydrogen) atoms. The minimum atomic E-state index is -0.455. The molecule has 0 radical (unpaired) electrons. The van der Waals surface area contributed by atoms with Gasteiger partial charge in [-0.25, -0.2) is 9.97 Å². The van der Waals surface area contributed by atoms with Gasteiger partial charge in [-0.3, -0.25) is 19.7 Å². The summed E-state index contributed by atoms with van der Waals surface area (Å²) in [5.41, 5.74) is 8.22. The zero-order valence-corrected chi connectivity index (χ0v) is 16.4. The Morgan fingerprint density at radius 2 is 1.71 bits per heavy atom. The lowest BCUT2D eigenvalue weighted by molar-refractivity contribution is -0.385. The van der Waals surface area contributed by atoms with Crippen LogP contribution >= 0.6 is 0 Å². The molecule has 0 saturated carbocycles. The molecule has 0 unspecified atom stereocenters. The Bertz CT molecular complexity index is 1230. The lowest BCUT2D eigenvalue weighted by Crippen LogP contribution is -2.47. The maximum Gasteiger partial charge on any atom is 0.287 e. The molecule has 4 aromatic rings. The topological polar surface area (TPSA) is 145 Å². The Balaban J connectivity index is 1.37. The van der Waals surface area contributed by atoms with Crippen LogP contribution in [0.4, 0.5) is 23.3 Å². The van der Waals surface area contributed by atoms with E-state index < -0.39 is 4.92 Å². The molecular formula is C19H18N10O2. The average Bonchev–Trinajstić information content (AvgIpc) is 3.24. The van der Waals surface area contributed by atoms with E-state index in [-0.39, 0.29) is 5.69 Å². The normalized spacial score (nSPS) is 14.2. The van der Waals surface area contributed by atoms with Crippen molar-refractivity contribution in [1.29, 1.82) is 0 Å². The maximum atomic E-state index is 10.8. The van der Waals surface area contributed by atoms with Gasteiger partial charge in [0.15, 0.2) is 17.0 Å². The predicted molar refractivity (Wildman–Crippen MR) is 114 cm³/mol. The van der Waals surface area contributed by atoms with Crippen LogP contribution in [0.2, 0.25) is 0 Å². The van der Waals surface area contributed by atoms with E-state index >= 15 is 0 Å². The van der Waals surface area contributed by atoms with E-state index in [2.05, 4.69) is 29.7 Å². The summed E-state index contributed by atoms with van der Waals surface area (Å²) in [7, 11) is 0. The number of nitro groups is 1. The number of anilines is 3. The van der Waals surface area contributed by atoms with E-state index in [4.69, 9.17) is 10.7 Å². The number of nitrogens with two attached hydrogens (primary N) is 1. The highest BCUT2D eigenvalue weighted by Gasteiger charge is 2.22. The number of nitrogens with zero attached hydrogens (tertiary/aromatic N) is 9. The van der Waals surface area contributed by atoms with Crippen molar-refractivity contribution < 1.29 is 4.92 Å². The lowest BCUT2D eigenvalue weighted by atomic mass is 10.3. The summed E-state index contributed by atoms with van der Waals surface area (Å²) >= 11 is 0. The molecule has 1 aliphatic heterocycles. The number of aromatic nitrogens is 6. The maximum absolute atomic E-state index is 10.8. The van der Waals surface area contributed by atoms with Gasteiger partial charge in [0.05, 0.1) is 10.6 Å². The summed E-state index contributed by atoms with van der Waals surface area (Å²) in [6.45, 7) is 2.67. The van der Waals surface area contributed by atoms with Crippen molar-refractivity contribution in [2.75, 3.05) is 41.7 Å². The Morgan fingerprint density at radius 3 is 2.39 bits per heavy atom. The second kappa shape index (κ2) is 7.48. The molecule has 12 nitrogen and oxygen atoms in total. The number of imidazole rings is 1. The first-order valence-electron chi connectivity index (χ1n) is 9.61. The molecule has 0 bridgehead atoms. The van der Waals surface area contributed by atoms with E-state index in [0.29, 0.717) is 54.9 Å². The third-order valence-electron chi connectivity index (χ3n) is 5.18. The van der Waals surface area contributed by atoms with Gasteiger partial charge in [0, 0.05) is 44.6 Å². The molecule has 0 aliphatic carbocycles. The summed E-state index contributed by atoms with van der Waals surface area (Å²) in [6, 6.07) is 6.87. The second-order valence-electron chi connectivity index (χ2n) is 7.01. The van der Waals surface area contributed by atoms with E-state index in [1.165, 1.54) is 12.3 Å². The number of rotatable bonds is 4. The summed E-state index contributed by atoms with van der Waals surface area (Å²) in [4.78, 5) is 36.3. The molecule has 2 N–H and O–H groups in total. The Labute approximate surface area is 176 Å². The average molecular weight is 418 g/mol. The van der Waals surface area contributed by atoms with Gasteiger partial charge in [0.25, 0.3) is 5.69 Å². The fourth-order valence-corrected chi connectivity index (χ4v) is 3.55. The molecule has 0 amide bonds. The number of hydrogen-bond acceptors (Lipinski definition) is 10. The van der Waals surface area contributed by atoms with Crippen molar-refractivity contribution in [2.45, 2.75) is 0 Å². The Morgan fingerprint density at radius 1 is 0.968 bits per heavy atom. The van der Waals surface area contributed by atoms with Crippen molar-refractivity contribution >= 4 is 34.4 Å². The van der Waals surface area contributed by atoms with Gasteiger partial charge < -0.3 is 15.5 Å². The van der Waals surface area contributed by atoms with E-state index in [1.807, 2.05) is 16.7 Å². The highest BCUT2D eigenvalue weighted by atomic mass is 16.6. The first-order valence-corrected chi connectivity index (χ1v) is 9.61. The van der Waals surface area contributed by atoms with E-state index in [9.17, 15) is 10.1 Å². The van der Waals surface area contributed by atoms with Crippen molar-refractivity contribution in [1.82, 2.24) is 29.5 Å². The van der Waals surface area contributed by atoms with Crippen molar-refractivity contribution in [3.05, 3.63) is 59.3 Å². The monoisotopic (exact) mass is 418 g/mol. The highest BCUT2D eigenvalue weighted by Crippen LogP contribution is 2.24. The molecule has 1 aliphatic rings. The summed E-state index contributed by atoms with van der Waals surface area (Å²) in [5.74, 6) is 1.57. The molecule has 5 heterocycles. The summed E-state index contributed by atoms with van der Waals surface area (Å²) in [6.07, 6.45) is 6.36. The van der Waals surface area contributed by atoms with Crippen LogP contribution in [0.15, 0.2) is 49.2 Å². The third-order valence-corrected chi connectivity index (χ3v) is 5.18. The molecule has 4 aromatic heterocycles. The van der Waals surface area contributed by atoms with E-state index in [0.717, 1.165) is 5.69 Å². The number of nitrogen functional groups attached to an aromatic ring is 1. The van der Waals surface area contributed by atoms with Crippen molar-refractivity contribution in [2.24, 2.45) is 0 Å². The number of piperazine rings is 1. The van der Waals surface area contributed by atoms with Crippen LogP contribution in [0.3, 0.4) is 0 Å². The fraction of sp³-hybridized carbons (Fsp3) is 0.211. The van der Waals surface area contributed by atoms with E-state index in [1.54, 1.807) is 24.8 Å². The van der Waals surface area contributed by atoms with Gasteiger partial charge in [-0.15, -0.1) is 0 Å².